The third-order valence-electron chi connectivity index (χ3n) is 13.3. The van der Waals surface area contributed by atoms with Gasteiger partial charge in [0.25, 0.3) is 0 Å². The summed E-state index contributed by atoms with van der Waals surface area (Å²) in [7, 11) is 0. The Labute approximate surface area is 400 Å². The normalized spacial score (nSPS) is 11.9. The molecular formula is C61H34F8N2. The molecule has 2 aromatic heterocycles. The van der Waals surface area contributed by atoms with E-state index in [0.717, 1.165) is 34.4 Å². The van der Waals surface area contributed by atoms with Crippen LogP contribution in [-0.2, 0) is 6.18 Å². The summed E-state index contributed by atoms with van der Waals surface area (Å²) in [6, 6.07) is 60.4. The van der Waals surface area contributed by atoms with Crippen LogP contribution in [0.5, 0.6) is 0 Å². The molecular weight excluding hydrogens is 913 g/mol. The second kappa shape index (κ2) is 16.7. The summed E-state index contributed by atoms with van der Waals surface area (Å²) < 4.78 is 132. The fourth-order valence-electron chi connectivity index (χ4n) is 10.1. The molecule has 0 bridgehead atoms. The Morgan fingerprint density at radius 3 is 0.803 bits per heavy atom. The molecule has 2 heterocycles. The Morgan fingerprint density at radius 2 is 0.535 bits per heavy atom. The van der Waals surface area contributed by atoms with Crippen LogP contribution < -0.4 is 0 Å². The minimum Gasteiger partial charge on any atom is -0.308 e. The Kier molecular flexibility index (Phi) is 10.3. The topological polar surface area (TPSA) is 9.86 Å². The molecule has 0 radical (unpaired) electrons. The van der Waals surface area contributed by atoms with Crippen LogP contribution in [0.3, 0.4) is 0 Å². The van der Waals surface area contributed by atoms with E-state index < -0.39 is 63.3 Å². The van der Waals surface area contributed by atoms with Gasteiger partial charge < -0.3 is 9.13 Å². The maximum atomic E-state index is 17.0. The van der Waals surface area contributed by atoms with Crippen molar-refractivity contribution in [1.82, 2.24) is 9.13 Å². The SMILES string of the molecule is Fc1c(F)c(F)c(-c2cc(-n3c4cc(-c5ccccc5)ccc4c4ccc(-c5ccccc5)cc43)c(C(F)(F)F)c(-n3c4cc(-c5ccccc5)ccc4c4ccc(-c5ccccc5)cc43)c2)c(F)c1F. The molecule has 0 saturated heterocycles. The molecule has 0 saturated carbocycles. The third-order valence-corrected chi connectivity index (χ3v) is 13.3. The van der Waals surface area contributed by atoms with Crippen molar-refractivity contribution in [2.45, 2.75) is 6.18 Å². The second-order valence-electron chi connectivity index (χ2n) is 17.4. The van der Waals surface area contributed by atoms with Crippen LogP contribution in [0.15, 0.2) is 206 Å². The monoisotopic (exact) mass is 946 g/mol. The van der Waals surface area contributed by atoms with Gasteiger partial charge in [0.15, 0.2) is 23.3 Å². The third kappa shape index (κ3) is 7.16. The summed E-state index contributed by atoms with van der Waals surface area (Å²) >= 11 is 0. The molecule has 0 unspecified atom stereocenters. The minimum absolute atomic E-state index is 0.289. The van der Waals surface area contributed by atoms with Gasteiger partial charge in [0.2, 0.25) is 5.82 Å². The molecule has 0 N–H and O–H groups in total. The van der Waals surface area contributed by atoms with Crippen LogP contribution in [0.4, 0.5) is 35.1 Å². The average Bonchev–Trinajstić information content (AvgIpc) is 3.91. The Morgan fingerprint density at radius 1 is 0.268 bits per heavy atom. The molecule has 0 amide bonds. The van der Waals surface area contributed by atoms with E-state index in [1.54, 1.807) is 24.3 Å². The van der Waals surface area contributed by atoms with Crippen molar-refractivity contribution < 1.29 is 35.1 Å². The number of fused-ring (bicyclic) bond motifs is 6. The van der Waals surface area contributed by atoms with Crippen molar-refractivity contribution >= 4 is 43.6 Å². The lowest BCUT2D eigenvalue weighted by Crippen LogP contribution is -2.16. The van der Waals surface area contributed by atoms with E-state index in [0.29, 0.717) is 43.8 Å². The highest BCUT2D eigenvalue weighted by atomic mass is 19.4. The van der Waals surface area contributed by atoms with Gasteiger partial charge >= 0.3 is 6.18 Å². The van der Waals surface area contributed by atoms with E-state index in [4.69, 9.17) is 0 Å². The highest BCUT2D eigenvalue weighted by Gasteiger charge is 2.40. The average molecular weight is 947 g/mol. The summed E-state index contributed by atoms with van der Waals surface area (Å²) in [5.41, 5.74) is 2.29. The first-order valence-electron chi connectivity index (χ1n) is 22.6. The number of aromatic nitrogens is 2. The molecule has 0 atom stereocenters. The minimum atomic E-state index is -5.23. The molecule has 0 aliphatic heterocycles. The Hall–Kier alpha value is -8.76. The lowest BCUT2D eigenvalue weighted by atomic mass is 9.97. The summed E-state index contributed by atoms with van der Waals surface area (Å²) in [5.74, 6) is -11.3. The first kappa shape index (κ1) is 43.5. The second-order valence-corrected chi connectivity index (χ2v) is 17.4. The maximum absolute atomic E-state index is 17.0. The maximum Gasteiger partial charge on any atom is 0.420 e. The highest BCUT2D eigenvalue weighted by Crippen LogP contribution is 2.48. The standard InChI is InChI=1S/C61H34F8N2/c62-56-54(57(63)59(65)60(66)58(56)64)43-33-52(70-48-29-39(35-13-5-1-6-14-35)21-25-44(48)45-26-22-40(30-49(45)70)36-15-7-2-8-16-36)55(61(67,68)69)53(34-43)71-50-31-41(37-17-9-3-10-18-37)23-27-46(50)47-28-24-42(32-51(47)71)38-19-11-4-12-20-38/h1-34H. The summed E-state index contributed by atoms with van der Waals surface area (Å²) in [6.07, 6.45) is -5.23. The zero-order chi connectivity index (χ0) is 48.7. The molecule has 10 heteroatoms. The van der Waals surface area contributed by atoms with Gasteiger partial charge in [0, 0.05) is 21.5 Å². The van der Waals surface area contributed by atoms with Gasteiger partial charge in [-0.3, -0.25) is 0 Å². The predicted molar refractivity (Wildman–Crippen MR) is 267 cm³/mol. The Balaban J connectivity index is 1.29. The number of hydrogen-bond acceptors (Lipinski definition) is 0. The molecule has 10 aromatic carbocycles. The van der Waals surface area contributed by atoms with Crippen molar-refractivity contribution in [3.8, 4) is 67.0 Å². The summed E-state index contributed by atoms with van der Waals surface area (Å²) in [4.78, 5) is 0. The van der Waals surface area contributed by atoms with Crippen LogP contribution in [-0.4, -0.2) is 9.13 Å². The van der Waals surface area contributed by atoms with Crippen LogP contribution in [0.2, 0.25) is 0 Å². The fourth-order valence-corrected chi connectivity index (χ4v) is 10.1. The largest absolute Gasteiger partial charge is 0.420 e. The number of hydrogen-bond donors (Lipinski definition) is 0. The molecule has 0 aliphatic carbocycles. The fraction of sp³-hybridized carbons (Fsp3) is 0.0164. The molecule has 0 spiro atoms. The first-order valence-corrected chi connectivity index (χ1v) is 22.6. The van der Waals surface area contributed by atoms with Crippen molar-refractivity contribution in [2.24, 2.45) is 0 Å². The van der Waals surface area contributed by atoms with Gasteiger partial charge in [0.05, 0.1) is 39.0 Å². The van der Waals surface area contributed by atoms with Crippen LogP contribution >= 0.6 is 0 Å². The zero-order valence-electron chi connectivity index (χ0n) is 37.0. The van der Waals surface area contributed by atoms with Gasteiger partial charge in [-0.25, -0.2) is 22.0 Å². The highest BCUT2D eigenvalue weighted by molar-refractivity contribution is 6.13. The van der Waals surface area contributed by atoms with Crippen molar-refractivity contribution in [3.63, 3.8) is 0 Å². The zero-order valence-corrected chi connectivity index (χ0v) is 37.0. The molecule has 0 fully saturated rings. The smallest absolute Gasteiger partial charge is 0.308 e. The molecule has 12 rings (SSSR count). The number of alkyl halides is 3. The molecule has 2 nitrogen and oxygen atoms in total. The lowest BCUT2D eigenvalue weighted by molar-refractivity contribution is -0.137. The predicted octanol–water partition coefficient (Wildman–Crippen LogP) is 17.9. The van der Waals surface area contributed by atoms with Crippen LogP contribution in [0.25, 0.3) is 111 Å². The molecule has 71 heavy (non-hydrogen) atoms. The van der Waals surface area contributed by atoms with E-state index >= 15 is 30.7 Å². The van der Waals surface area contributed by atoms with Gasteiger partial charge in [-0.05, 0) is 86.5 Å². The summed E-state index contributed by atoms with van der Waals surface area (Å²) in [6.45, 7) is 0. The van der Waals surface area contributed by atoms with Gasteiger partial charge in [-0.2, -0.15) is 13.2 Å². The number of benzene rings is 10. The van der Waals surface area contributed by atoms with Crippen molar-refractivity contribution in [1.29, 1.82) is 0 Å². The van der Waals surface area contributed by atoms with Gasteiger partial charge in [0.1, 0.15) is 5.56 Å². The molecule has 12 aromatic rings. The number of halogens is 8. The van der Waals surface area contributed by atoms with Crippen LogP contribution in [0, 0.1) is 29.1 Å². The Bertz CT molecular complexity index is 3620. The number of nitrogens with zero attached hydrogens (tertiary/aromatic N) is 2. The van der Waals surface area contributed by atoms with E-state index in [9.17, 15) is 4.39 Å². The van der Waals surface area contributed by atoms with E-state index in [1.165, 1.54) is 9.13 Å². The first-order chi connectivity index (χ1) is 34.4. The molecule has 344 valence electrons. The van der Waals surface area contributed by atoms with Crippen molar-refractivity contribution in [3.05, 3.63) is 241 Å². The van der Waals surface area contributed by atoms with Crippen molar-refractivity contribution in [2.75, 3.05) is 0 Å². The molecule has 0 aliphatic rings. The van der Waals surface area contributed by atoms with Crippen LogP contribution in [0.1, 0.15) is 5.56 Å². The number of rotatable bonds is 7. The lowest BCUT2D eigenvalue weighted by Gasteiger charge is -2.24. The van der Waals surface area contributed by atoms with E-state index in [2.05, 4.69) is 0 Å². The van der Waals surface area contributed by atoms with E-state index in [-0.39, 0.29) is 22.1 Å². The van der Waals surface area contributed by atoms with Gasteiger partial charge in [-0.1, -0.05) is 170 Å². The quantitative estimate of drug-likeness (QED) is 0.0856. The summed E-state index contributed by atoms with van der Waals surface area (Å²) in [5, 5.41) is 2.19. The van der Waals surface area contributed by atoms with Gasteiger partial charge in [-0.15, -0.1) is 0 Å². The van der Waals surface area contributed by atoms with E-state index in [1.807, 2.05) is 170 Å².